The van der Waals surface area contributed by atoms with E-state index in [0.29, 0.717) is 119 Å². The van der Waals surface area contributed by atoms with Crippen LogP contribution in [0.1, 0.15) is 62.1 Å². The molecule has 10 nitrogen and oxygen atoms in total. The minimum Gasteiger partial charge on any atom is -0.379 e. The maximum atomic E-state index is 6.73. The van der Waals surface area contributed by atoms with Crippen LogP contribution in [0, 0.1) is 0 Å². The van der Waals surface area contributed by atoms with E-state index in [4.69, 9.17) is 47.4 Å². The molecule has 0 bridgehead atoms. The van der Waals surface area contributed by atoms with Crippen LogP contribution >= 0.6 is 0 Å². The molecule has 0 amide bonds. The van der Waals surface area contributed by atoms with Crippen molar-refractivity contribution >= 4 is 0 Å². The highest BCUT2D eigenvalue weighted by Crippen LogP contribution is 2.40. The lowest BCUT2D eigenvalue weighted by Crippen LogP contribution is -2.34. The first-order valence-electron chi connectivity index (χ1n) is 20.4. The van der Waals surface area contributed by atoms with Gasteiger partial charge in [-0.05, 0) is 23.1 Å². The molecule has 0 fully saturated rings. The van der Waals surface area contributed by atoms with E-state index in [9.17, 15) is 0 Å². The number of hydrogen-bond donors (Lipinski definition) is 0. The highest BCUT2D eigenvalue weighted by molar-refractivity contribution is 5.47. The second kappa shape index (κ2) is 33.4. The third-order valence-electron chi connectivity index (χ3n) is 8.71. The Hall–Kier alpha value is -2.74. The molecule has 0 aliphatic rings. The molecule has 0 spiro atoms. The van der Waals surface area contributed by atoms with Crippen molar-refractivity contribution in [1.82, 2.24) is 0 Å². The third kappa shape index (κ3) is 21.4. The van der Waals surface area contributed by atoms with Crippen LogP contribution in [-0.4, -0.2) is 126 Å². The van der Waals surface area contributed by atoms with Crippen LogP contribution in [-0.2, 0) is 53.0 Å². The molecule has 308 valence electrons. The minimum atomic E-state index is -0.748. The van der Waals surface area contributed by atoms with E-state index >= 15 is 0 Å². The van der Waals surface area contributed by atoms with Crippen molar-refractivity contribution in [2.24, 2.45) is 0 Å². The van der Waals surface area contributed by atoms with Crippen molar-refractivity contribution in [2.75, 3.05) is 126 Å². The normalized spacial score (nSPS) is 11.7. The summed E-state index contributed by atoms with van der Waals surface area (Å²) in [5.74, 6) is 0. The Morgan fingerprint density at radius 2 is 0.545 bits per heavy atom. The van der Waals surface area contributed by atoms with Gasteiger partial charge in [0.1, 0.15) is 5.60 Å². The summed E-state index contributed by atoms with van der Waals surface area (Å²) in [6, 6.07) is 31.0. The first-order valence-corrected chi connectivity index (χ1v) is 20.4. The summed E-state index contributed by atoms with van der Waals surface area (Å²) in [5, 5.41) is 0. The van der Waals surface area contributed by atoms with E-state index in [1.807, 2.05) is 54.6 Å². The molecule has 3 aromatic carbocycles. The third-order valence-corrected chi connectivity index (χ3v) is 8.71. The predicted molar refractivity (Wildman–Crippen MR) is 216 cm³/mol. The summed E-state index contributed by atoms with van der Waals surface area (Å²) in [6.45, 7) is 12.4. The summed E-state index contributed by atoms with van der Waals surface area (Å²) in [4.78, 5) is 0. The highest BCUT2D eigenvalue weighted by atomic mass is 16.6. The van der Waals surface area contributed by atoms with Crippen molar-refractivity contribution in [1.29, 1.82) is 0 Å². The van der Waals surface area contributed by atoms with Gasteiger partial charge in [0.15, 0.2) is 0 Å². The number of unbranched alkanes of at least 4 members (excludes halogenated alkanes) is 5. The topological polar surface area (TPSA) is 92.3 Å². The molecule has 55 heavy (non-hydrogen) atoms. The largest absolute Gasteiger partial charge is 0.379 e. The highest BCUT2D eigenvalue weighted by Gasteiger charge is 2.37. The molecule has 0 saturated heterocycles. The Balaban J connectivity index is 1.05. The van der Waals surface area contributed by atoms with E-state index in [1.54, 1.807) is 0 Å². The van der Waals surface area contributed by atoms with Crippen LogP contribution in [0.5, 0.6) is 0 Å². The number of benzene rings is 3. The first kappa shape index (κ1) is 46.6. The van der Waals surface area contributed by atoms with Gasteiger partial charge < -0.3 is 47.4 Å². The lowest BCUT2D eigenvalue weighted by molar-refractivity contribution is -0.0399. The summed E-state index contributed by atoms with van der Waals surface area (Å²) < 4.78 is 57.2. The summed E-state index contributed by atoms with van der Waals surface area (Å²) in [6.07, 6.45) is 7.67. The van der Waals surface area contributed by atoms with Gasteiger partial charge in [-0.2, -0.15) is 0 Å². The molecule has 0 radical (unpaired) electrons. The SMILES string of the molecule is CCCCCCCCOCCOCCOCCOCCOCCOCCOCCOCCOCCOC(c1ccccc1)(c1ccccc1)c1ccccc1. The Kier molecular flexibility index (Phi) is 28.3. The smallest absolute Gasteiger partial charge is 0.143 e. The molecule has 0 unspecified atom stereocenters. The van der Waals surface area contributed by atoms with E-state index in [0.717, 1.165) is 29.7 Å². The molecule has 0 aromatic heterocycles. The molecule has 3 aromatic rings. The van der Waals surface area contributed by atoms with Crippen LogP contribution in [0.25, 0.3) is 0 Å². The number of rotatable bonds is 38. The maximum Gasteiger partial charge on any atom is 0.143 e. The average molecular weight is 769 g/mol. The van der Waals surface area contributed by atoms with Gasteiger partial charge in [0, 0.05) is 6.61 Å². The fourth-order valence-electron chi connectivity index (χ4n) is 5.87. The lowest BCUT2D eigenvalue weighted by atomic mass is 9.80. The van der Waals surface area contributed by atoms with Crippen molar-refractivity contribution < 1.29 is 47.4 Å². The van der Waals surface area contributed by atoms with E-state index < -0.39 is 5.60 Å². The fraction of sp³-hybridized carbons (Fsp3) is 0.600. The maximum absolute atomic E-state index is 6.73. The van der Waals surface area contributed by atoms with Crippen molar-refractivity contribution in [3.63, 3.8) is 0 Å². The van der Waals surface area contributed by atoms with Crippen molar-refractivity contribution in [3.8, 4) is 0 Å². The molecule has 0 aliphatic heterocycles. The van der Waals surface area contributed by atoms with Gasteiger partial charge in [-0.25, -0.2) is 0 Å². The second-order valence-electron chi connectivity index (χ2n) is 12.9. The molecular weight excluding hydrogens is 700 g/mol. The molecule has 0 atom stereocenters. The lowest BCUT2D eigenvalue weighted by Gasteiger charge is -2.36. The molecular formula is C45H68O10. The van der Waals surface area contributed by atoms with Crippen molar-refractivity contribution in [3.05, 3.63) is 108 Å². The van der Waals surface area contributed by atoms with Crippen LogP contribution in [0.2, 0.25) is 0 Å². The molecule has 0 heterocycles. The Bertz CT molecular complexity index is 1140. The standard InChI is InChI=1S/C45H68O10/c1-2-3-4-5-6-16-23-46-24-25-47-26-27-48-28-29-49-30-31-50-32-33-51-34-35-52-36-37-53-38-39-54-40-41-55-45(42-17-10-7-11-18-42,43-19-12-8-13-20-43)44-21-14-9-15-22-44/h7-15,17-22H,2-6,16,23-41H2,1H3. The predicted octanol–water partition coefficient (Wildman–Crippen LogP) is 7.51. The van der Waals surface area contributed by atoms with Gasteiger partial charge in [-0.15, -0.1) is 0 Å². The van der Waals surface area contributed by atoms with Crippen LogP contribution in [0.3, 0.4) is 0 Å². The van der Waals surface area contributed by atoms with E-state index in [-0.39, 0.29) is 0 Å². The number of ether oxygens (including phenoxy) is 10. The molecule has 0 aliphatic carbocycles. The molecule has 0 saturated carbocycles. The minimum absolute atomic E-state index is 0.420. The van der Waals surface area contributed by atoms with Gasteiger partial charge in [-0.1, -0.05) is 130 Å². The molecule has 0 N–H and O–H groups in total. The van der Waals surface area contributed by atoms with Gasteiger partial charge in [0.2, 0.25) is 0 Å². The zero-order valence-corrected chi connectivity index (χ0v) is 33.4. The molecule has 10 heteroatoms. The summed E-state index contributed by atoms with van der Waals surface area (Å²) in [5.41, 5.74) is 2.46. The Morgan fingerprint density at radius 3 is 0.855 bits per heavy atom. The van der Waals surface area contributed by atoms with Crippen LogP contribution < -0.4 is 0 Å². The zero-order valence-electron chi connectivity index (χ0n) is 33.4. The summed E-state index contributed by atoms with van der Waals surface area (Å²) >= 11 is 0. The summed E-state index contributed by atoms with van der Waals surface area (Å²) in [7, 11) is 0. The van der Waals surface area contributed by atoms with Gasteiger partial charge in [0.05, 0.1) is 119 Å². The molecule has 3 rings (SSSR count). The monoisotopic (exact) mass is 768 g/mol. The van der Waals surface area contributed by atoms with Gasteiger partial charge in [0.25, 0.3) is 0 Å². The fourth-order valence-corrected chi connectivity index (χ4v) is 5.87. The van der Waals surface area contributed by atoms with Crippen LogP contribution in [0.4, 0.5) is 0 Å². The van der Waals surface area contributed by atoms with Crippen molar-refractivity contribution in [2.45, 2.75) is 51.0 Å². The quantitative estimate of drug-likeness (QED) is 0.0431. The average Bonchev–Trinajstić information content (AvgIpc) is 3.23. The number of hydrogen-bond acceptors (Lipinski definition) is 10. The van der Waals surface area contributed by atoms with Crippen LogP contribution in [0.15, 0.2) is 91.0 Å². The second-order valence-corrected chi connectivity index (χ2v) is 12.9. The zero-order chi connectivity index (χ0) is 38.6. The van der Waals surface area contributed by atoms with E-state index in [2.05, 4.69) is 43.3 Å². The van der Waals surface area contributed by atoms with Gasteiger partial charge >= 0.3 is 0 Å². The Labute approximate surface area is 331 Å². The van der Waals surface area contributed by atoms with E-state index in [1.165, 1.54) is 32.1 Å². The first-order chi connectivity index (χ1) is 27.4. The Morgan fingerprint density at radius 1 is 0.291 bits per heavy atom. The van der Waals surface area contributed by atoms with Gasteiger partial charge in [-0.3, -0.25) is 0 Å².